The number of carbonyl (C=O) groups is 3. The molecule has 2 saturated heterocycles. The second-order valence-corrected chi connectivity index (χ2v) is 14.8. The molecule has 2 heterocycles. The number of aldehydes is 1. The highest BCUT2D eigenvalue weighted by Gasteiger charge is 2.33. The van der Waals surface area contributed by atoms with E-state index >= 15 is 0 Å². The van der Waals surface area contributed by atoms with Crippen molar-refractivity contribution in [3.05, 3.63) is 113 Å². The van der Waals surface area contributed by atoms with Crippen molar-refractivity contribution < 1.29 is 19.1 Å². The van der Waals surface area contributed by atoms with Crippen LogP contribution < -0.4 is 15.4 Å². The zero-order valence-corrected chi connectivity index (χ0v) is 30.9. The van der Waals surface area contributed by atoms with E-state index in [0.717, 1.165) is 55.8 Å². The first-order chi connectivity index (χ1) is 25.5. The summed E-state index contributed by atoms with van der Waals surface area (Å²) >= 11 is 0. The van der Waals surface area contributed by atoms with Gasteiger partial charge in [0.05, 0.1) is 5.56 Å². The lowest BCUT2D eigenvalue weighted by atomic mass is 9.78. The maximum atomic E-state index is 13.4. The van der Waals surface area contributed by atoms with Crippen LogP contribution in [-0.4, -0.2) is 78.4 Å². The third kappa shape index (κ3) is 8.93. The summed E-state index contributed by atoms with van der Waals surface area (Å²) < 4.78 is 6.29. The van der Waals surface area contributed by atoms with Gasteiger partial charge in [-0.1, -0.05) is 62.9 Å². The molecule has 10 heteroatoms. The van der Waals surface area contributed by atoms with Crippen LogP contribution in [0.25, 0.3) is 6.08 Å². The number of allylic oxidation sites excluding steroid dienone is 2. The van der Waals surface area contributed by atoms with Crippen molar-refractivity contribution in [1.82, 2.24) is 15.1 Å². The molecule has 0 aromatic heterocycles. The third-order valence-electron chi connectivity index (χ3n) is 10.7. The third-order valence-corrected chi connectivity index (χ3v) is 10.7. The Morgan fingerprint density at radius 2 is 1.72 bits per heavy atom. The fraction of sp³-hybridized carbons (Fsp3) is 0.372. The zero-order valence-electron chi connectivity index (χ0n) is 30.9. The highest BCUT2D eigenvalue weighted by atomic mass is 16.5. The largest absolute Gasteiger partial charge is 0.490 e. The number of carbonyl (C=O) groups excluding carboxylic acids is 3. The average molecular weight is 715 g/mol. The number of nitrogens with zero attached hydrogens (tertiary/aromatic N) is 3. The minimum atomic E-state index is -0.619. The number of benzene rings is 3. The summed E-state index contributed by atoms with van der Waals surface area (Å²) in [6, 6.07) is 21.5. The molecule has 3 N–H and O–H groups in total. The van der Waals surface area contributed by atoms with Gasteiger partial charge in [-0.05, 0) is 85.2 Å². The number of nitrogens with one attached hydrogen (secondary N) is 3. The van der Waals surface area contributed by atoms with E-state index in [9.17, 15) is 14.4 Å². The van der Waals surface area contributed by atoms with Crippen LogP contribution in [0.5, 0.6) is 5.75 Å². The van der Waals surface area contributed by atoms with Crippen molar-refractivity contribution in [1.29, 1.82) is 5.41 Å². The highest BCUT2D eigenvalue weighted by Crippen LogP contribution is 2.34. The van der Waals surface area contributed by atoms with Crippen LogP contribution in [0.2, 0.25) is 0 Å². The standard InChI is InChI=1S/C43H50N6O4/c1-29-10-21-39(40(51)46-29)48(4)41(52)38-27-34(18-13-31(38)28-50)47-35-25-37(26-35)53-36-19-16-33(17-20-36)43(2,3)32-14-11-30(12-15-32)9-8-22-45-42(44)49-23-6-5-7-24-49/h8-9,11-20,22,27-28,35,37,39,44,47H,1,5-7,10,21,23-26H2,2-4H3,(H,46,51)/b9-8+,44-42?,45-22-. The number of aliphatic imine (C=N–C) groups is 1. The second kappa shape index (κ2) is 16.4. The van der Waals surface area contributed by atoms with E-state index in [1.54, 1.807) is 31.5 Å². The monoisotopic (exact) mass is 714 g/mol. The van der Waals surface area contributed by atoms with Crippen molar-refractivity contribution in [3.63, 3.8) is 0 Å². The topological polar surface area (TPSA) is 127 Å². The first kappa shape index (κ1) is 37.3. The summed E-state index contributed by atoms with van der Waals surface area (Å²) in [6.07, 6.45) is 12.5. The van der Waals surface area contributed by atoms with E-state index in [0.29, 0.717) is 30.8 Å². The van der Waals surface area contributed by atoms with Crippen LogP contribution in [-0.2, 0) is 10.2 Å². The van der Waals surface area contributed by atoms with E-state index in [1.807, 2.05) is 29.2 Å². The number of amides is 2. The molecule has 0 bridgehead atoms. The van der Waals surface area contributed by atoms with Crippen molar-refractivity contribution in [2.75, 3.05) is 25.5 Å². The number of guanidine groups is 1. The van der Waals surface area contributed by atoms with Gasteiger partial charge in [-0.3, -0.25) is 19.8 Å². The molecule has 3 fully saturated rings. The SMILES string of the molecule is C=C1CCC(N(C)C(=O)c2cc(NC3CC(Oc4ccc(C(C)(C)c5ccc(/C=C/C=N\C(=N)N6CCCCC6)cc5)cc4)C3)ccc2C=O)C(=O)N1. The maximum Gasteiger partial charge on any atom is 0.255 e. The number of ether oxygens (including phenoxy) is 1. The minimum absolute atomic E-state index is 0.0633. The lowest BCUT2D eigenvalue weighted by Gasteiger charge is -2.37. The van der Waals surface area contributed by atoms with E-state index < -0.39 is 6.04 Å². The summed E-state index contributed by atoms with van der Waals surface area (Å²) in [4.78, 5) is 45.4. The first-order valence-corrected chi connectivity index (χ1v) is 18.6. The van der Waals surface area contributed by atoms with Crippen LogP contribution in [0.3, 0.4) is 0 Å². The lowest BCUT2D eigenvalue weighted by molar-refractivity contribution is -0.125. The Morgan fingerprint density at radius 1 is 1.04 bits per heavy atom. The van der Waals surface area contributed by atoms with Crippen molar-refractivity contribution >= 4 is 42.0 Å². The molecule has 2 aliphatic heterocycles. The number of hydrogen-bond acceptors (Lipinski definition) is 6. The number of anilines is 1. The van der Waals surface area contributed by atoms with E-state index in [-0.39, 0.29) is 40.5 Å². The van der Waals surface area contributed by atoms with Gasteiger partial charge >= 0.3 is 0 Å². The highest BCUT2D eigenvalue weighted by molar-refractivity contribution is 6.04. The quantitative estimate of drug-likeness (QED) is 0.109. The molecular weight excluding hydrogens is 665 g/mol. The van der Waals surface area contributed by atoms with Gasteiger partial charge < -0.3 is 25.2 Å². The van der Waals surface area contributed by atoms with Gasteiger partial charge in [-0.25, -0.2) is 4.99 Å². The Morgan fingerprint density at radius 3 is 2.38 bits per heavy atom. The molecule has 0 radical (unpaired) electrons. The van der Waals surface area contributed by atoms with Crippen LogP contribution in [0, 0.1) is 5.41 Å². The van der Waals surface area contributed by atoms with Gasteiger partial charge in [0.2, 0.25) is 11.9 Å². The van der Waals surface area contributed by atoms with E-state index in [1.165, 1.54) is 22.4 Å². The summed E-state index contributed by atoms with van der Waals surface area (Å²) in [5.74, 6) is 0.527. The molecule has 2 amide bonds. The van der Waals surface area contributed by atoms with Crippen molar-refractivity contribution in [2.24, 2.45) is 4.99 Å². The summed E-state index contributed by atoms with van der Waals surface area (Å²) in [6.45, 7) is 10.1. The minimum Gasteiger partial charge on any atom is -0.490 e. The number of hydrogen-bond donors (Lipinski definition) is 3. The predicted molar refractivity (Wildman–Crippen MR) is 211 cm³/mol. The lowest BCUT2D eigenvalue weighted by Crippen LogP contribution is -2.50. The van der Waals surface area contributed by atoms with Gasteiger partial charge in [0.1, 0.15) is 17.9 Å². The smallest absolute Gasteiger partial charge is 0.255 e. The Labute approximate surface area is 312 Å². The van der Waals surface area contributed by atoms with Crippen molar-refractivity contribution in [2.45, 2.75) is 82.4 Å². The van der Waals surface area contributed by atoms with Gasteiger partial charge in [0, 0.05) is 67.6 Å². The first-order valence-electron chi connectivity index (χ1n) is 18.6. The molecule has 276 valence electrons. The molecule has 1 aliphatic carbocycles. The molecule has 6 rings (SSSR count). The van der Waals surface area contributed by atoms with E-state index in [4.69, 9.17) is 10.1 Å². The van der Waals surface area contributed by atoms with Crippen LogP contribution in [0.15, 0.2) is 90.1 Å². The maximum absolute atomic E-state index is 13.4. The molecule has 1 saturated carbocycles. The zero-order chi connectivity index (χ0) is 37.5. The number of likely N-dealkylation sites (N-methyl/N-ethyl adjacent to an activating group) is 1. The number of rotatable bonds is 11. The molecule has 10 nitrogen and oxygen atoms in total. The molecule has 0 spiro atoms. The van der Waals surface area contributed by atoms with Gasteiger partial charge in [0.25, 0.3) is 5.91 Å². The molecule has 3 aromatic rings. The summed E-state index contributed by atoms with van der Waals surface area (Å²) in [5.41, 5.74) is 5.21. The fourth-order valence-corrected chi connectivity index (χ4v) is 7.19. The van der Waals surface area contributed by atoms with Gasteiger partial charge in [-0.15, -0.1) is 0 Å². The fourth-order valence-electron chi connectivity index (χ4n) is 7.19. The Bertz CT molecular complexity index is 1890. The molecule has 3 aliphatic rings. The average Bonchev–Trinajstić information content (AvgIpc) is 3.15. The number of piperidine rings is 2. The van der Waals surface area contributed by atoms with Gasteiger partial charge in [0.15, 0.2) is 6.29 Å². The summed E-state index contributed by atoms with van der Waals surface area (Å²) in [5, 5.41) is 14.4. The Kier molecular flexibility index (Phi) is 11.6. The molecule has 53 heavy (non-hydrogen) atoms. The van der Waals surface area contributed by atoms with Crippen molar-refractivity contribution in [3.8, 4) is 5.75 Å². The second-order valence-electron chi connectivity index (χ2n) is 14.8. The van der Waals surface area contributed by atoms with Crippen LogP contribution >= 0.6 is 0 Å². The predicted octanol–water partition coefficient (Wildman–Crippen LogP) is 7.22. The molecule has 3 aromatic carbocycles. The molecule has 1 atom stereocenters. The Balaban J connectivity index is 0.987. The van der Waals surface area contributed by atoms with Crippen LogP contribution in [0.4, 0.5) is 5.69 Å². The van der Waals surface area contributed by atoms with Crippen LogP contribution in [0.1, 0.15) is 96.2 Å². The molecular formula is C43H50N6O4. The molecule has 1 unspecified atom stereocenters. The summed E-state index contributed by atoms with van der Waals surface area (Å²) in [7, 11) is 1.59. The normalized spacial score (nSPS) is 20.5. The van der Waals surface area contributed by atoms with Gasteiger partial charge in [-0.2, -0.15) is 0 Å². The number of likely N-dealkylation sites (tertiary alicyclic amines) is 1. The van der Waals surface area contributed by atoms with E-state index in [2.05, 4.69) is 72.5 Å². The Hall–Kier alpha value is -5.51.